The fourth-order valence-corrected chi connectivity index (χ4v) is 2.46. The predicted molar refractivity (Wildman–Crippen MR) is 74.8 cm³/mol. The first-order chi connectivity index (χ1) is 8.19. The molecule has 0 fully saturated rings. The van der Waals surface area contributed by atoms with Crippen LogP contribution in [0.5, 0.6) is 0 Å². The molecule has 0 saturated heterocycles. The minimum Gasteiger partial charge on any atom is -0.383 e. The molecule has 90 valence electrons. The van der Waals surface area contributed by atoms with Gasteiger partial charge in [0.2, 0.25) is 0 Å². The highest BCUT2D eigenvalue weighted by Gasteiger charge is 2.15. The van der Waals surface area contributed by atoms with Crippen molar-refractivity contribution in [2.24, 2.45) is 0 Å². The lowest BCUT2D eigenvalue weighted by molar-refractivity contribution is 0.713. The second-order valence-corrected chi connectivity index (χ2v) is 4.69. The van der Waals surface area contributed by atoms with E-state index >= 15 is 0 Å². The van der Waals surface area contributed by atoms with Crippen LogP contribution in [0.4, 0.5) is 5.82 Å². The second-order valence-electron chi connectivity index (χ2n) is 3.84. The van der Waals surface area contributed by atoms with Gasteiger partial charge in [0.1, 0.15) is 17.3 Å². The minimum absolute atomic E-state index is 0.747. The Labute approximate surface area is 110 Å². The summed E-state index contributed by atoms with van der Waals surface area (Å²) in [7, 11) is 0. The first-order valence-electron chi connectivity index (χ1n) is 5.78. The Morgan fingerprint density at radius 3 is 2.53 bits per heavy atom. The molecule has 0 aliphatic heterocycles. The smallest absolute Gasteiger partial charge is 0.131 e. The monoisotopic (exact) mass is 293 g/mol. The van der Waals surface area contributed by atoms with E-state index < -0.39 is 0 Å². The number of nitrogens with two attached hydrogens (primary N) is 1. The van der Waals surface area contributed by atoms with Crippen LogP contribution in [0, 0.1) is 0 Å². The van der Waals surface area contributed by atoms with Gasteiger partial charge in [0.25, 0.3) is 0 Å². The first-order valence-corrected chi connectivity index (χ1v) is 6.58. The van der Waals surface area contributed by atoms with Gasteiger partial charge in [0.05, 0.1) is 0 Å². The Balaban J connectivity index is 2.61. The van der Waals surface area contributed by atoms with Gasteiger partial charge in [-0.15, -0.1) is 0 Å². The maximum Gasteiger partial charge on any atom is 0.131 e. The number of aryl methyl sites for hydroxylation is 1. The number of hydrogen-bond donors (Lipinski definition) is 1. The van der Waals surface area contributed by atoms with E-state index in [1.165, 1.54) is 0 Å². The van der Waals surface area contributed by atoms with Gasteiger partial charge in [-0.05, 0) is 13.0 Å². The summed E-state index contributed by atoms with van der Waals surface area (Å²) in [5, 5.41) is 0. The van der Waals surface area contributed by atoms with Crippen LogP contribution in [0.2, 0.25) is 0 Å². The third-order valence-corrected chi connectivity index (χ3v) is 3.54. The van der Waals surface area contributed by atoms with Crippen LogP contribution < -0.4 is 5.73 Å². The Morgan fingerprint density at radius 2 is 2.00 bits per heavy atom. The lowest BCUT2D eigenvalue weighted by atomic mass is 10.1. The largest absolute Gasteiger partial charge is 0.383 e. The van der Waals surface area contributed by atoms with Crippen molar-refractivity contribution in [3.05, 3.63) is 34.6 Å². The molecule has 2 N–H and O–H groups in total. The molecule has 0 radical (unpaired) electrons. The molecule has 0 unspecified atom stereocenters. The van der Waals surface area contributed by atoms with Gasteiger partial charge < -0.3 is 10.3 Å². The number of hydrogen-bond acceptors (Lipinski definition) is 2. The zero-order chi connectivity index (χ0) is 12.4. The highest BCUT2D eigenvalue weighted by Crippen LogP contribution is 2.32. The number of anilines is 1. The number of halogens is 1. The second kappa shape index (κ2) is 4.92. The van der Waals surface area contributed by atoms with Crippen LogP contribution in [-0.2, 0) is 13.0 Å². The van der Waals surface area contributed by atoms with Crippen LogP contribution in [0.25, 0.3) is 11.3 Å². The van der Waals surface area contributed by atoms with Crippen LogP contribution in [-0.4, -0.2) is 9.55 Å². The van der Waals surface area contributed by atoms with E-state index in [0.717, 1.165) is 40.3 Å². The molecule has 1 heterocycles. The van der Waals surface area contributed by atoms with E-state index in [1.807, 2.05) is 24.3 Å². The molecule has 2 rings (SSSR count). The van der Waals surface area contributed by atoms with Crippen molar-refractivity contribution in [2.45, 2.75) is 26.8 Å². The molecular formula is C13H16BrN3. The molecule has 1 aromatic heterocycles. The third-order valence-electron chi connectivity index (χ3n) is 2.85. The third kappa shape index (κ3) is 2.09. The van der Waals surface area contributed by atoms with E-state index in [1.54, 1.807) is 0 Å². The summed E-state index contributed by atoms with van der Waals surface area (Å²) in [6, 6.07) is 8.02. The van der Waals surface area contributed by atoms with E-state index in [-0.39, 0.29) is 0 Å². The molecular weight excluding hydrogens is 278 g/mol. The van der Waals surface area contributed by atoms with Gasteiger partial charge in [0.15, 0.2) is 0 Å². The molecule has 0 atom stereocenters. The van der Waals surface area contributed by atoms with Gasteiger partial charge in [0, 0.05) is 23.0 Å². The van der Waals surface area contributed by atoms with Crippen molar-refractivity contribution < 1.29 is 0 Å². The fourth-order valence-electron chi connectivity index (χ4n) is 1.99. The first kappa shape index (κ1) is 12.2. The maximum atomic E-state index is 6.17. The van der Waals surface area contributed by atoms with Crippen molar-refractivity contribution in [1.82, 2.24) is 9.55 Å². The number of aromatic nitrogens is 2. The highest BCUT2D eigenvalue weighted by atomic mass is 79.9. The molecule has 3 nitrogen and oxygen atoms in total. The van der Waals surface area contributed by atoms with Gasteiger partial charge in [-0.3, -0.25) is 0 Å². The summed E-state index contributed by atoms with van der Waals surface area (Å²) in [5.41, 5.74) is 8.09. The van der Waals surface area contributed by atoms with Crippen molar-refractivity contribution in [2.75, 3.05) is 5.73 Å². The quantitative estimate of drug-likeness (QED) is 0.942. The molecule has 4 heteroatoms. The summed E-state index contributed by atoms with van der Waals surface area (Å²) in [5.74, 6) is 1.78. The summed E-state index contributed by atoms with van der Waals surface area (Å²) in [6.45, 7) is 5.03. The summed E-state index contributed by atoms with van der Waals surface area (Å²) in [4.78, 5) is 4.64. The van der Waals surface area contributed by atoms with Crippen LogP contribution in [0.15, 0.2) is 28.7 Å². The van der Waals surface area contributed by atoms with Gasteiger partial charge >= 0.3 is 0 Å². The van der Waals surface area contributed by atoms with Crippen LogP contribution in [0.1, 0.15) is 19.7 Å². The molecule has 0 aliphatic rings. The number of rotatable bonds is 3. The molecule has 0 spiro atoms. The maximum absolute atomic E-state index is 6.17. The normalized spacial score (nSPS) is 10.8. The summed E-state index contributed by atoms with van der Waals surface area (Å²) in [6.07, 6.45) is 0.891. The van der Waals surface area contributed by atoms with E-state index in [9.17, 15) is 0 Å². The Bertz CT molecular complexity index is 531. The lowest BCUT2D eigenvalue weighted by Crippen LogP contribution is -2.04. The zero-order valence-corrected chi connectivity index (χ0v) is 11.7. The highest BCUT2D eigenvalue weighted by molar-refractivity contribution is 9.10. The average Bonchev–Trinajstić information content (AvgIpc) is 2.66. The zero-order valence-electron chi connectivity index (χ0n) is 10.1. The molecule has 0 bridgehead atoms. The lowest BCUT2D eigenvalue weighted by Gasteiger charge is -2.05. The number of benzene rings is 1. The van der Waals surface area contributed by atoms with Gasteiger partial charge in [-0.2, -0.15) is 0 Å². The topological polar surface area (TPSA) is 43.8 Å². The molecule has 0 aliphatic carbocycles. The molecule has 1 aromatic carbocycles. The van der Waals surface area contributed by atoms with Crippen molar-refractivity contribution in [1.29, 1.82) is 0 Å². The molecule has 2 aromatic rings. The van der Waals surface area contributed by atoms with Gasteiger partial charge in [-0.25, -0.2) is 4.98 Å². The number of nitrogens with zero attached hydrogens (tertiary/aromatic N) is 2. The average molecular weight is 294 g/mol. The Morgan fingerprint density at radius 1 is 1.29 bits per heavy atom. The van der Waals surface area contributed by atoms with Gasteiger partial charge in [-0.1, -0.05) is 41.1 Å². The molecule has 17 heavy (non-hydrogen) atoms. The Kier molecular flexibility index (Phi) is 3.52. The number of imidazole rings is 1. The van der Waals surface area contributed by atoms with Crippen molar-refractivity contribution in [3.8, 4) is 11.3 Å². The summed E-state index contributed by atoms with van der Waals surface area (Å²) < 4.78 is 3.09. The van der Waals surface area contributed by atoms with Crippen LogP contribution >= 0.6 is 15.9 Å². The molecule has 0 saturated carbocycles. The SMILES string of the molecule is CCc1nc(-c2ccccc2Br)c(N)n1CC. The van der Waals surface area contributed by atoms with Crippen LogP contribution in [0.3, 0.4) is 0 Å². The minimum atomic E-state index is 0.747. The van der Waals surface area contributed by atoms with Crippen molar-refractivity contribution in [3.63, 3.8) is 0 Å². The Hall–Kier alpha value is -1.29. The predicted octanol–water partition coefficient (Wildman–Crippen LogP) is 3.48. The van der Waals surface area contributed by atoms with E-state index in [0.29, 0.717) is 0 Å². The van der Waals surface area contributed by atoms with Crippen molar-refractivity contribution >= 4 is 21.7 Å². The molecule has 0 amide bonds. The fraction of sp³-hybridized carbons (Fsp3) is 0.308. The number of nitrogen functional groups attached to an aromatic ring is 1. The standard InChI is InChI=1S/C13H16BrN3/c1-3-11-16-12(13(15)17(11)4-2)9-7-5-6-8-10(9)14/h5-8H,3-4,15H2,1-2H3. The summed E-state index contributed by atoms with van der Waals surface area (Å²) >= 11 is 3.54. The van der Waals surface area contributed by atoms with E-state index in [4.69, 9.17) is 5.73 Å². The van der Waals surface area contributed by atoms with E-state index in [2.05, 4.69) is 39.3 Å².